The molecule has 0 unspecified atom stereocenters. The summed E-state index contributed by atoms with van der Waals surface area (Å²) in [6.07, 6.45) is -2.98. The van der Waals surface area contributed by atoms with Crippen LogP contribution in [0.3, 0.4) is 0 Å². The van der Waals surface area contributed by atoms with Crippen molar-refractivity contribution in [2.45, 2.75) is 18.3 Å². The molecule has 0 aromatic carbocycles. The van der Waals surface area contributed by atoms with Gasteiger partial charge in [-0.15, -0.1) is 0 Å². The molecule has 0 aromatic heterocycles. The third-order valence-electron chi connectivity index (χ3n) is 1.38. The van der Waals surface area contributed by atoms with Crippen molar-refractivity contribution in [3.8, 4) is 0 Å². The molecule has 0 amide bonds. The maximum Gasteiger partial charge on any atom is 0.119 e. The molecule has 78 valence electrons. The van der Waals surface area contributed by atoms with Gasteiger partial charge in [-0.1, -0.05) is 0 Å². The lowest BCUT2D eigenvalue weighted by Crippen LogP contribution is -2.40. The first-order valence-electron chi connectivity index (χ1n) is 3.85. The van der Waals surface area contributed by atoms with E-state index in [1.165, 1.54) is 5.01 Å². The molecule has 0 aromatic rings. The highest BCUT2D eigenvalue weighted by molar-refractivity contribution is 5.63. The second kappa shape index (κ2) is 5.87. The van der Waals surface area contributed by atoms with Gasteiger partial charge in [0.25, 0.3) is 0 Å². The number of aliphatic hydroxyl groups is 4. The van der Waals surface area contributed by atoms with Crippen LogP contribution in [-0.4, -0.2) is 70.7 Å². The summed E-state index contributed by atoms with van der Waals surface area (Å²) in [7, 11) is 3.30. The first kappa shape index (κ1) is 12.3. The standard InChI is InChI=1S/C7H16N2O4/c1-9(2)8-3-5(11)7(13)6(12)4-10/h3,5-7,10-13H,4H2,1-2H3/b8-3-/t5-,6-,7+/m0/s1. The molecule has 0 saturated heterocycles. The van der Waals surface area contributed by atoms with E-state index in [2.05, 4.69) is 5.10 Å². The van der Waals surface area contributed by atoms with Crippen LogP contribution in [0.4, 0.5) is 0 Å². The van der Waals surface area contributed by atoms with E-state index in [1.54, 1.807) is 14.1 Å². The number of rotatable bonds is 5. The summed E-state index contributed by atoms with van der Waals surface area (Å²) in [4.78, 5) is 0. The summed E-state index contributed by atoms with van der Waals surface area (Å²) in [6.45, 7) is -0.603. The average Bonchev–Trinajstić information content (AvgIpc) is 2.11. The topological polar surface area (TPSA) is 96.5 Å². The average molecular weight is 192 g/mol. The van der Waals surface area contributed by atoms with Gasteiger partial charge in [-0.2, -0.15) is 5.10 Å². The summed E-state index contributed by atoms with van der Waals surface area (Å²) in [5.74, 6) is 0. The normalized spacial score (nSPS) is 18.6. The summed E-state index contributed by atoms with van der Waals surface area (Å²) in [5, 5.41) is 40.8. The van der Waals surface area contributed by atoms with Gasteiger partial charge in [0.05, 0.1) is 12.8 Å². The Morgan fingerprint density at radius 1 is 1.31 bits per heavy atom. The summed E-state index contributed by atoms with van der Waals surface area (Å²) >= 11 is 0. The molecule has 0 aliphatic carbocycles. The van der Waals surface area contributed by atoms with Crippen LogP contribution in [0.15, 0.2) is 5.10 Å². The van der Waals surface area contributed by atoms with Gasteiger partial charge in [-0.05, 0) is 0 Å². The molecular formula is C7H16N2O4. The summed E-state index contributed by atoms with van der Waals surface area (Å²) in [5.41, 5.74) is 0. The van der Waals surface area contributed by atoms with E-state index in [1.807, 2.05) is 0 Å². The highest BCUT2D eigenvalue weighted by Crippen LogP contribution is 1.97. The molecule has 0 spiro atoms. The van der Waals surface area contributed by atoms with E-state index in [9.17, 15) is 5.11 Å². The van der Waals surface area contributed by atoms with Gasteiger partial charge in [-0.3, -0.25) is 0 Å². The molecule has 0 radical (unpaired) electrons. The van der Waals surface area contributed by atoms with Crippen molar-refractivity contribution in [1.29, 1.82) is 0 Å². The number of aliphatic hydroxyl groups excluding tert-OH is 4. The Hall–Kier alpha value is -0.690. The fourth-order valence-corrected chi connectivity index (χ4v) is 0.625. The minimum Gasteiger partial charge on any atom is -0.394 e. The van der Waals surface area contributed by atoms with Crippen molar-refractivity contribution in [3.63, 3.8) is 0 Å². The van der Waals surface area contributed by atoms with E-state index >= 15 is 0 Å². The molecule has 0 rings (SSSR count). The first-order valence-corrected chi connectivity index (χ1v) is 3.85. The zero-order valence-electron chi connectivity index (χ0n) is 7.70. The highest BCUT2D eigenvalue weighted by Gasteiger charge is 2.22. The Morgan fingerprint density at radius 2 is 1.85 bits per heavy atom. The van der Waals surface area contributed by atoms with Crippen LogP contribution in [0.5, 0.6) is 0 Å². The molecule has 0 bridgehead atoms. The van der Waals surface area contributed by atoms with Crippen LogP contribution in [0.2, 0.25) is 0 Å². The van der Waals surface area contributed by atoms with Crippen molar-refractivity contribution in [2.24, 2.45) is 5.10 Å². The van der Waals surface area contributed by atoms with Gasteiger partial charge < -0.3 is 25.4 Å². The zero-order valence-corrected chi connectivity index (χ0v) is 7.70. The molecule has 13 heavy (non-hydrogen) atoms. The Bertz CT molecular complexity index is 163. The highest BCUT2D eigenvalue weighted by atomic mass is 16.4. The summed E-state index contributed by atoms with van der Waals surface area (Å²) in [6, 6.07) is 0. The zero-order chi connectivity index (χ0) is 10.4. The molecule has 0 saturated carbocycles. The molecule has 4 N–H and O–H groups in total. The third-order valence-corrected chi connectivity index (χ3v) is 1.38. The van der Waals surface area contributed by atoms with Crippen molar-refractivity contribution in [3.05, 3.63) is 0 Å². The monoisotopic (exact) mass is 192 g/mol. The van der Waals surface area contributed by atoms with Gasteiger partial charge in [-0.25, -0.2) is 0 Å². The predicted molar refractivity (Wildman–Crippen MR) is 47.3 cm³/mol. The second-order valence-corrected chi connectivity index (χ2v) is 2.84. The molecule has 3 atom stereocenters. The van der Waals surface area contributed by atoms with E-state index in [4.69, 9.17) is 15.3 Å². The minimum absolute atomic E-state index is 0.603. The Kier molecular flexibility index (Phi) is 5.56. The van der Waals surface area contributed by atoms with Crippen molar-refractivity contribution in [2.75, 3.05) is 20.7 Å². The smallest absolute Gasteiger partial charge is 0.119 e. The van der Waals surface area contributed by atoms with Crippen LogP contribution < -0.4 is 0 Å². The van der Waals surface area contributed by atoms with Gasteiger partial charge >= 0.3 is 0 Å². The second-order valence-electron chi connectivity index (χ2n) is 2.84. The molecule has 0 aliphatic rings. The Morgan fingerprint density at radius 3 is 2.23 bits per heavy atom. The van der Waals surface area contributed by atoms with E-state index in [0.717, 1.165) is 6.21 Å². The van der Waals surface area contributed by atoms with Crippen molar-refractivity contribution < 1.29 is 20.4 Å². The van der Waals surface area contributed by atoms with E-state index < -0.39 is 24.9 Å². The van der Waals surface area contributed by atoms with Crippen LogP contribution in [0, 0.1) is 0 Å². The van der Waals surface area contributed by atoms with Gasteiger partial charge in [0, 0.05) is 14.1 Å². The number of hydrogen-bond donors (Lipinski definition) is 4. The SMILES string of the molecule is CN(C)/N=C\[C@H](O)[C@@H](O)[C@@H](O)CO. The van der Waals surface area contributed by atoms with Crippen LogP contribution in [0.1, 0.15) is 0 Å². The summed E-state index contributed by atoms with van der Waals surface area (Å²) < 4.78 is 0. The molecular weight excluding hydrogens is 176 g/mol. The molecule has 6 nitrogen and oxygen atoms in total. The maximum atomic E-state index is 9.17. The van der Waals surface area contributed by atoms with Gasteiger partial charge in [0.2, 0.25) is 0 Å². The Balaban J connectivity index is 4.02. The lowest BCUT2D eigenvalue weighted by Gasteiger charge is -2.18. The number of hydrazone groups is 1. The fourth-order valence-electron chi connectivity index (χ4n) is 0.625. The quantitative estimate of drug-likeness (QED) is 0.288. The molecule has 0 heterocycles. The van der Waals surface area contributed by atoms with Crippen LogP contribution in [-0.2, 0) is 0 Å². The maximum absolute atomic E-state index is 9.17. The largest absolute Gasteiger partial charge is 0.394 e. The fraction of sp³-hybridized carbons (Fsp3) is 0.857. The van der Waals surface area contributed by atoms with Crippen LogP contribution in [0.25, 0.3) is 0 Å². The molecule has 6 heteroatoms. The lowest BCUT2D eigenvalue weighted by molar-refractivity contribution is -0.0543. The van der Waals surface area contributed by atoms with Crippen molar-refractivity contribution >= 4 is 6.21 Å². The Labute approximate surface area is 76.7 Å². The lowest BCUT2D eigenvalue weighted by atomic mass is 10.1. The molecule has 0 aliphatic heterocycles. The number of hydrogen-bond acceptors (Lipinski definition) is 6. The van der Waals surface area contributed by atoms with E-state index in [-0.39, 0.29) is 0 Å². The third kappa shape index (κ3) is 4.79. The predicted octanol–water partition coefficient (Wildman–Crippen LogP) is -2.39. The van der Waals surface area contributed by atoms with Crippen LogP contribution >= 0.6 is 0 Å². The van der Waals surface area contributed by atoms with Gasteiger partial charge in [0.1, 0.15) is 18.3 Å². The number of nitrogens with zero attached hydrogens (tertiary/aromatic N) is 2. The minimum atomic E-state index is -1.42. The first-order chi connectivity index (χ1) is 5.99. The van der Waals surface area contributed by atoms with E-state index in [0.29, 0.717) is 0 Å². The molecule has 0 fully saturated rings. The van der Waals surface area contributed by atoms with Crippen molar-refractivity contribution in [1.82, 2.24) is 5.01 Å². The van der Waals surface area contributed by atoms with Gasteiger partial charge in [0.15, 0.2) is 0 Å².